The van der Waals surface area contributed by atoms with Crippen LogP contribution in [-0.4, -0.2) is 10.9 Å². The molecular formula is C44H26F4N2O. The molecular weight excluding hydrogens is 648 g/mol. The van der Waals surface area contributed by atoms with Gasteiger partial charge in [-0.3, -0.25) is 9.78 Å². The van der Waals surface area contributed by atoms with Crippen molar-refractivity contribution in [1.82, 2.24) is 4.98 Å². The molecule has 0 unspecified atom stereocenters. The Bertz CT molecular complexity index is 2580. The van der Waals surface area contributed by atoms with Crippen molar-refractivity contribution in [3.63, 3.8) is 0 Å². The maximum atomic E-state index is 14.5. The van der Waals surface area contributed by atoms with E-state index in [2.05, 4.69) is 10.3 Å². The number of fused-ring (bicyclic) bond motifs is 2. The van der Waals surface area contributed by atoms with Crippen LogP contribution in [0.3, 0.4) is 0 Å². The number of carbonyl (C=O) groups is 1. The Kier molecular flexibility index (Phi) is 8.08. The van der Waals surface area contributed by atoms with Gasteiger partial charge in [0.05, 0.1) is 11.2 Å². The fraction of sp³-hybridized carbons (Fsp3) is 0. The monoisotopic (exact) mass is 674 g/mol. The lowest BCUT2D eigenvalue weighted by molar-refractivity contribution is 0.102. The maximum absolute atomic E-state index is 14.5. The minimum absolute atomic E-state index is 0.303. The van der Waals surface area contributed by atoms with Crippen LogP contribution in [0.25, 0.3) is 66.2 Å². The molecule has 8 aromatic rings. The van der Waals surface area contributed by atoms with Crippen LogP contribution in [0.4, 0.5) is 23.2 Å². The smallest absolute Gasteiger partial charge is 0.256 e. The van der Waals surface area contributed by atoms with Gasteiger partial charge in [0.1, 0.15) is 23.3 Å². The van der Waals surface area contributed by atoms with Crippen molar-refractivity contribution < 1.29 is 22.4 Å². The first-order valence-electron chi connectivity index (χ1n) is 16.2. The molecule has 0 radical (unpaired) electrons. The summed E-state index contributed by atoms with van der Waals surface area (Å²) in [6, 6.07) is 38.5. The van der Waals surface area contributed by atoms with Crippen molar-refractivity contribution in [2.45, 2.75) is 0 Å². The normalized spacial score (nSPS) is 11.2. The zero-order valence-corrected chi connectivity index (χ0v) is 26.8. The highest BCUT2D eigenvalue weighted by Gasteiger charge is 2.27. The molecule has 8 rings (SSSR count). The van der Waals surface area contributed by atoms with E-state index in [9.17, 15) is 22.4 Å². The molecule has 3 nitrogen and oxygen atoms in total. The molecule has 0 spiro atoms. The molecule has 7 heteroatoms. The van der Waals surface area contributed by atoms with Gasteiger partial charge in [-0.25, -0.2) is 17.6 Å². The largest absolute Gasteiger partial charge is 0.320 e. The summed E-state index contributed by atoms with van der Waals surface area (Å²) in [7, 11) is 0. The third kappa shape index (κ3) is 5.89. The third-order valence-corrected chi connectivity index (χ3v) is 8.99. The van der Waals surface area contributed by atoms with Gasteiger partial charge < -0.3 is 5.32 Å². The van der Waals surface area contributed by atoms with E-state index in [4.69, 9.17) is 0 Å². The van der Waals surface area contributed by atoms with E-state index in [1.54, 1.807) is 72.9 Å². The highest BCUT2D eigenvalue weighted by atomic mass is 19.1. The van der Waals surface area contributed by atoms with E-state index >= 15 is 0 Å². The fourth-order valence-electron chi connectivity index (χ4n) is 6.76. The number of hydrogen-bond acceptors (Lipinski definition) is 2. The SMILES string of the molecule is O=C(Nc1cccc2cccnc12)c1cccc2c(-c3ccc(F)cc3)c(-c3ccc(F)cc3)c(-c3ccc(F)cc3)c(-c3ccc(F)cc3)c12. The molecule has 0 saturated heterocycles. The zero-order chi connectivity index (χ0) is 35.1. The number of halogens is 4. The number of pyridine rings is 1. The number of anilines is 1. The van der Waals surface area contributed by atoms with Crippen LogP contribution in [-0.2, 0) is 0 Å². The molecule has 0 atom stereocenters. The van der Waals surface area contributed by atoms with Crippen molar-refractivity contribution in [1.29, 1.82) is 0 Å². The molecule has 0 bridgehead atoms. The number of hydrogen-bond donors (Lipinski definition) is 1. The van der Waals surface area contributed by atoms with Gasteiger partial charge in [-0.1, -0.05) is 78.9 Å². The fourth-order valence-corrected chi connectivity index (χ4v) is 6.76. The van der Waals surface area contributed by atoms with Gasteiger partial charge >= 0.3 is 0 Å². The minimum Gasteiger partial charge on any atom is -0.320 e. The van der Waals surface area contributed by atoms with Gasteiger partial charge in [0.25, 0.3) is 5.91 Å². The Morgan fingerprint density at radius 1 is 0.471 bits per heavy atom. The van der Waals surface area contributed by atoms with Crippen LogP contribution in [0.2, 0.25) is 0 Å². The summed E-state index contributed by atoms with van der Waals surface area (Å²) < 4.78 is 57.8. The standard InChI is InChI=1S/C44H26F4N2O/c45-31-17-9-26(10-18-31)38-35-6-2-7-36(44(51)50-37-8-1-4-30-5-3-25-49-43(30)37)42(35)41(29-15-23-34(48)24-16-29)40(28-13-21-33(47)22-14-28)39(38)27-11-19-32(46)20-12-27/h1-25H,(H,50,51). The van der Waals surface area contributed by atoms with E-state index in [-0.39, 0.29) is 0 Å². The average molecular weight is 675 g/mol. The number of amides is 1. The average Bonchev–Trinajstić information content (AvgIpc) is 3.15. The predicted molar refractivity (Wildman–Crippen MR) is 195 cm³/mol. The lowest BCUT2D eigenvalue weighted by atomic mass is 9.78. The van der Waals surface area contributed by atoms with E-state index in [0.29, 0.717) is 72.0 Å². The first-order chi connectivity index (χ1) is 24.9. The molecule has 51 heavy (non-hydrogen) atoms. The minimum atomic E-state index is -0.450. The van der Waals surface area contributed by atoms with Gasteiger partial charge in [0, 0.05) is 22.5 Å². The lowest BCUT2D eigenvalue weighted by Crippen LogP contribution is -2.14. The molecule has 0 aliphatic carbocycles. The van der Waals surface area contributed by atoms with Crippen LogP contribution < -0.4 is 5.32 Å². The van der Waals surface area contributed by atoms with Gasteiger partial charge in [-0.05, 0) is 117 Å². The van der Waals surface area contributed by atoms with E-state index in [0.717, 1.165) is 5.39 Å². The van der Waals surface area contributed by atoms with Crippen LogP contribution >= 0.6 is 0 Å². The lowest BCUT2D eigenvalue weighted by Gasteiger charge is -2.25. The molecule has 1 heterocycles. The van der Waals surface area contributed by atoms with E-state index in [1.165, 1.54) is 48.5 Å². The summed E-state index contributed by atoms with van der Waals surface area (Å²) in [5, 5.41) is 5.07. The van der Waals surface area contributed by atoms with Crippen molar-refractivity contribution in [2.75, 3.05) is 5.32 Å². The van der Waals surface area contributed by atoms with Gasteiger partial charge in [0.2, 0.25) is 0 Å². The predicted octanol–water partition coefficient (Wildman–Crippen LogP) is 11.9. The second-order valence-electron chi connectivity index (χ2n) is 12.1. The number of benzene rings is 7. The highest BCUT2D eigenvalue weighted by molar-refractivity contribution is 6.25. The number of rotatable bonds is 6. The van der Waals surface area contributed by atoms with Crippen molar-refractivity contribution in [3.8, 4) is 44.5 Å². The topological polar surface area (TPSA) is 42.0 Å². The van der Waals surface area contributed by atoms with Gasteiger partial charge in [0.15, 0.2) is 0 Å². The number of aromatic nitrogens is 1. The number of nitrogens with one attached hydrogen (secondary N) is 1. The molecule has 246 valence electrons. The molecule has 0 saturated carbocycles. The third-order valence-electron chi connectivity index (χ3n) is 8.99. The Balaban J connectivity index is 1.54. The number of carbonyl (C=O) groups excluding carboxylic acids is 1. The van der Waals surface area contributed by atoms with Crippen LogP contribution in [0.5, 0.6) is 0 Å². The number of para-hydroxylation sites is 1. The second-order valence-corrected chi connectivity index (χ2v) is 12.1. The Morgan fingerprint density at radius 2 is 0.922 bits per heavy atom. The van der Waals surface area contributed by atoms with Crippen LogP contribution in [0.1, 0.15) is 10.4 Å². The van der Waals surface area contributed by atoms with Crippen LogP contribution in [0, 0.1) is 23.3 Å². The second kappa shape index (κ2) is 13.0. The summed E-state index contributed by atoms with van der Waals surface area (Å²) in [6.07, 6.45) is 1.66. The van der Waals surface area contributed by atoms with E-state index in [1.807, 2.05) is 30.3 Å². The van der Waals surface area contributed by atoms with Crippen molar-refractivity contribution >= 4 is 33.3 Å². The summed E-state index contributed by atoms with van der Waals surface area (Å²) in [6.45, 7) is 0. The summed E-state index contributed by atoms with van der Waals surface area (Å²) >= 11 is 0. The molecule has 0 aliphatic rings. The molecule has 0 fully saturated rings. The first kappa shape index (κ1) is 31.7. The van der Waals surface area contributed by atoms with Crippen molar-refractivity contribution in [2.24, 2.45) is 0 Å². The van der Waals surface area contributed by atoms with Crippen LogP contribution in [0.15, 0.2) is 152 Å². The first-order valence-corrected chi connectivity index (χ1v) is 16.2. The van der Waals surface area contributed by atoms with Gasteiger partial charge in [-0.15, -0.1) is 0 Å². The summed E-state index contributed by atoms with van der Waals surface area (Å²) in [4.78, 5) is 19.0. The highest BCUT2D eigenvalue weighted by Crippen LogP contribution is 2.51. The molecule has 7 aromatic carbocycles. The van der Waals surface area contributed by atoms with Crippen molar-refractivity contribution in [3.05, 3.63) is 181 Å². The molecule has 1 aromatic heterocycles. The Hall–Kier alpha value is -6.60. The Morgan fingerprint density at radius 3 is 1.47 bits per heavy atom. The molecule has 1 amide bonds. The maximum Gasteiger partial charge on any atom is 0.256 e. The van der Waals surface area contributed by atoms with Gasteiger partial charge in [-0.2, -0.15) is 0 Å². The number of nitrogens with zero attached hydrogens (tertiary/aromatic N) is 1. The molecule has 1 N–H and O–H groups in total. The Labute approximate surface area is 290 Å². The summed E-state index contributed by atoms with van der Waals surface area (Å²) in [5.41, 5.74) is 6.30. The molecule has 0 aliphatic heterocycles. The van der Waals surface area contributed by atoms with E-state index < -0.39 is 29.2 Å². The summed E-state index contributed by atoms with van der Waals surface area (Å²) in [5.74, 6) is -2.20. The zero-order valence-electron chi connectivity index (χ0n) is 26.8. The quantitative estimate of drug-likeness (QED) is 0.178.